The quantitative estimate of drug-likeness (QED) is 0.691. The van der Waals surface area contributed by atoms with Crippen molar-refractivity contribution in [2.45, 2.75) is 19.8 Å². The number of thiazole rings is 1. The number of H-pyrrole nitrogens is 1. The van der Waals surface area contributed by atoms with Gasteiger partial charge in [0.1, 0.15) is 11.2 Å². The number of hydrogen-bond acceptors (Lipinski definition) is 5. The van der Waals surface area contributed by atoms with Gasteiger partial charge in [-0.15, -0.1) is 11.3 Å². The van der Waals surface area contributed by atoms with Crippen LogP contribution in [0.25, 0.3) is 11.0 Å². The third-order valence-corrected chi connectivity index (χ3v) is 4.57. The van der Waals surface area contributed by atoms with E-state index in [1.165, 1.54) is 12.4 Å². The molecule has 8 heteroatoms. The first-order valence-electron chi connectivity index (χ1n) is 7.29. The number of fused-ring (bicyclic) bond motifs is 1. The van der Waals surface area contributed by atoms with Crippen molar-refractivity contribution in [3.63, 3.8) is 0 Å². The summed E-state index contributed by atoms with van der Waals surface area (Å²) in [6.07, 6.45) is 4.50. The molecule has 0 saturated heterocycles. The lowest BCUT2D eigenvalue weighted by Gasteiger charge is -2.04. The van der Waals surface area contributed by atoms with Gasteiger partial charge in [-0.05, 0) is 13.3 Å². The summed E-state index contributed by atoms with van der Waals surface area (Å²) in [4.78, 5) is 31.8. The van der Waals surface area contributed by atoms with Crippen molar-refractivity contribution in [3.05, 3.63) is 44.3 Å². The zero-order valence-corrected chi connectivity index (χ0v) is 13.7. The average Bonchev–Trinajstić information content (AvgIpc) is 3.11. The van der Waals surface area contributed by atoms with E-state index in [1.807, 2.05) is 12.3 Å². The van der Waals surface area contributed by atoms with Crippen LogP contribution in [0.3, 0.4) is 0 Å². The average molecular weight is 331 g/mol. The molecule has 3 aromatic heterocycles. The number of aromatic nitrogens is 4. The lowest BCUT2D eigenvalue weighted by atomic mass is 10.2. The predicted molar refractivity (Wildman–Crippen MR) is 88.8 cm³/mol. The Morgan fingerprint density at radius 2 is 2.30 bits per heavy atom. The number of nitrogens with zero attached hydrogens (tertiary/aromatic N) is 3. The third-order valence-electron chi connectivity index (χ3n) is 3.55. The number of amides is 1. The molecule has 2 N–H and O–H groups in total. The maximum Gasteiger partial charge on any atom is 0.256 e. The number of nitrogens with one attached hydrogen (secondary N) is 2. The van der Waals surface area contributed by atoms with E-state index in [0.29, 0.717) is 17.6 Å². The van der Waals surface area contributed by atoms with Crippen LogP contribution in [-0.4, -0.2) is 32.2 Å². The van der Waals surface area contributed by atoms with Crippen LogP contribution < -0.4 is 10.7 Å². The van der Waals surface area contributed by atoms with Gasteiger partial charge in [0, 0.05) is 37.3 Å². The van der Waals surface area contributed by atoms with Crippen LogP contribution in [0.5, 0.6) is 0 Å². The highest BCUT2D eigenvalue weighted by Crippen LogP contribution is 2.10. The minimum atomic E-state index is -0.368. The summed E-state index contributed by atoms with van der Waals surface area (Å²) < 4.78 is 1.56. The molecule has 0 radical (unpaired) electrons. The van der Waals surface area contributed by atoms with Crippen LogP contribution in [0.1, 0.15) is 27.5 Å². The summed E-state index contributed by atoms with van der Waals surface area (Å²) in [5.41, 5.74) is 1.42. The molecule has 0 spiro atoms. The van der Waals surface area contributed by atoms with E-state index in [9.17, 15) is 9.59 Å². The van der Waals surface area contributed by atoms with E-state index in [4.69, 9.17) is 0 Å². The molecule has 3 aromatic rings. The van der Waals surface area contributed by atoms with E-state index in [1.54, 1.807) is 23.1 Å². The van der Waals surface area contributed by atoms with E-state index < -0.39 is 0 Å². The summed E-state index contributed by atoms with van der Waals surface area (Å²) in [5.74, 6) is -0.368. The van der Waals surface area contributed by atoms with Gasteiger partial charge in [-0.1, -0.05) is 0 Å². The van der Waals surface area contributed by atoms with Crippen molar-refractivity contribution < 1.29 is 4.79 Å². The maximum atomic E-state index is 12.3. The molecule has 0 aliphatic rings. The maximum absolute atomic E-state index is 12.3. The van der Waals surface area contributed by atoms with Gasteiger partial charge in [0.15, 0.2) is 0 Å². The number of carbonyl (C=O) groups excluding carboxylic acids is 1. The van der Waals surface area contributed by atoms with Crippen LogP contribution in [0, 0.1) is 6.92 Å². The van der Waals surface area contributed by atoms with Crippen molar-refractivity contribution in [2.24, 2.45) is 7.05 Å². The van der Waals surface area contributed by atoms with E-state index in [0.717, 1.165) is 23.5 Å². The molecule has 3 heterocycles. The van der Waals surface area contributed by atoms with E-state index in [-0.39, 0.29) is 16.9 Å². The fourth-order valence-electron chi connectivity index (χ4n) is 2.35. The minimum absolute atomic E-state index is 0.107. The molecule has 3 rings (SSSR count). The Hall–Kier alpha value is -2.48. The van der Waals surface area contributed by atoms with Crippen LogP contribution in [0.2, 0.25) is 0 Å². The Kier molecular flexibility index (Phi) is 4.24. The number of carbonyl (C=O) groups is 1. The Balaban J connectivity index is 1.62. The smallest absolute Gasteiger partial charge is 0.256 e. The van der Waals surface area contributed by atoms with Gasteiger partial charge in [-0.3, -0.25) is 14.3 Å². The lowest BCUT2D eigenvalue weighted by Crippen LogP contribution is -2.29. The molecule has 0 bridgehead atoms. The van der Waals surface area contributed by atoms with Gasteiger partial charge < -0.3 is 10.3 Å². The molecule has 120 valence electrons. The Morgan fingerprint density at radius 3 is 3.04 bits per heavy atom. The second-order valence-corrected chi connectivity index (χ2v) is 6.25. The highest BCUT2D eigenvalue weighted by molar-refractivity contribution is 7.09. The fraction of sp³-hybridized carbons (Fsp3) is 0.333. The summed E-state index contributed by atoms with van der Waals surface area (Å²) >= 11 is 1.62. The molecule has 0 atom stereocenters. The first-order chi connectivity index (χ1) is 11.1. The number of pyridine rings is 1. The highest BCUT2D eigenvalue weighted by Gasteiger charge is 2.14. The summed E-state index contributed by atoms with van der Waals surface area (Å²) in [7, 11) is 1.73. The van der Waals surface area contributed by atoms with Crippen LogP contribution >= 0.6 is 11.3 Å². The number of rotatable bonds is 5. The van der Waals surface area contributed by atoms with Crippen molar-refractivity contribution in [3.8, 4) is 0 Å². The molecule has 23 heavy (non-hydrogen) atoms. The second-order valence-electron chi connectivity index (χ2n) is 5.30. The monoisotopic (exact) mass is 331 g/mol. The molecule has 0 aromatic carbocycles. The second kappa shape index (κ2) is 6.33. The largest absolute Gasteiger partial charge is 0.352 e. The van der Waals surface area contributed by atoms with E-state index in [2.05, 4.69) is 20.4 Å². The van der Waals surface area contributed by atoms with Crippen LogP contribution in [0.4, 0.5) is 0 Å². The lowest BCUT2D eigenvalue weighted by molar-refractivity contribution is 0.0952. The molecule has 1 amide bonds. The number of hydrogen-bond donors (Lipinski definition) is 2. The number of aromatic amines is 1. The zero-order valence-electron chi connectivity index (χ0n) is 12.9. The van der Waals surface area contributed by atoms with Crippen molar-refractivity contribution in [1.29, 1.82) is 0 Å². The molecule has 0 unspecified atom stereocenters. The molecule has 0 aliphatic heterocycles. The molecule has 7 nitrogen and oxygen atoms in total. The summed E-state index contributed by atoms with van der Waals surface area (Å²) in [6.45, 7) is 2.46. The minimum Gasteiger partial charge on any atom is -0.352 e. The van der Waals surface area contributed by atoms with Gasteiger partial charge in [0.25, 0.3) is 5.91 Å². The van der Waals surface area contributed by atoms with Crippen molar-refractivity contribution in [2.75, 3.05) is 6.54 Å². The normalized spacial score (nSPS) is 11.0. The molecule has 0 fully saturated rings. The van der Waals surface area contributed by atoms with Crippen LogP contribution in [-0.2, 0) is 13.5 Å². The van der Waals surface area contributed by atoms with Crippen molar-refractivity contribution >= 4 is 28.3 Å². The van der Waals surface area contributed by atoms with Gasteiger partial charge in [0.05, 0.1) is 16.6 Å². The zero-order chi connectivity index (χ0) is 16.4. The Labute approximate surface area is 136 Å². The first-order valence-corrected chi connectivity index (χ1v) is 8.17. The Morgan fingerprint density at radius 1 is 1.48 bits per heavy atom. The van der Waals surface area contributed by atoms with E-state index >= 15 is 0 Å². The Bertz CT molecular complexity index is 908. The molecular weight excluding hydrogens is 314 g/mol. The fourth-order valence-corrected chi connectivity index (χ4v) is 3.17. The summed E-state index contributed by atoms with van der Waals surface area (Å²) in [5, 5.41) is 10.3. The third kappa shape index (κ3) is 3.16. The predicted octanol–water partition coefficient (Wildman–Crippen LogP) is 1.39. The van der Waals surface area contributed by atoms with Gasteiger partial charge in [0.2, 0.25) is 5.43 Å². The van der Waals surface area contributed by atoms with Crippen molar-refractivity contribution in [1.82, 2.24) is 25.1 Å². The topological polar surface area (TPSA) is 92.7 Å². The first kappa shape index (κ1) is 15.4. The highest BCUT2D eigenvalue weighted by atomic mass is 32.1. The molecule has 0 aliphatic carbocycles. The molecule has 0 saturated carbocycles. The number of aryl methyl sites for hydroxylation is 3. The standard InChI is InChI=1S/C15H17N5O2S/c1-9-8-23-12(19-9)4-3-5-16-15(22)11-6-17-14-10(13(11)21)7-18-20(14)2/h6-8H,3-5H2,1-2H3,(H,16,22)(H,17,21). The summed E-state index contributed by atoms with van der Waals surface area (Å²) in [6, 6.07) is 0. The van der Waals surface area contributed by atoms with Gasteiger partial charge in [-0.25, -0.2) is 4.98 Å². The van der Waals surface area contributed by atoms with Gasteiger partial charge >= 0.3 is 0 Å². The SMILES string of the molecule is Cc1csc(CCCNC(=O)c2c[nH]c3c(cnn3C)c2=O)n1. The molecular formula is C15H17N5O2S. The van der Waals surface area contributed by atoms with Crippen LogP contribution in [0.15, 0.2) is 22.6 Å². The van der Waals surface area contributed by atoms with Gasteiger partial charge in [-0.2, -0.15) is 5.10 Å².